The minimum atomic E-state index is 0.136. The number of hydrogen-bond acceptors (Lipinski definition) is 4. The lowest BCUT2D eigenvalue weighted by molar-refractivity contribution is 0.477. The molecular weight excluding hydrogens is 290 g/mol. The summed E-state index contributed by atoms with van der Waals surface area (Å²) in [5.41, 5.74) is 0.474. The van der Waals surface area contributed by atoms with Crippen LogP contribution in [0.4, 0.5) is 0 Å². The minimum absolute atomic E-state index is 0.136. The van der Waals surface area contributed by atoms with E-state index in [1.165, 1.54) is 0 Å². The summed E-state index contributed by atoms with van der Waals surface area (Å²) < 4.78 is 2.60. The molecule has 0 aliphatic heterocycles. The van der Waals surface area contributed by atoms with Crippen molar-refractivity contribution < 1.29 is 5.11 Å². The van der Waals surface area contributed by atoms with Gasteiger partial charge in [0.2, 0.25) is 0 Å². The van der Waals surface area contributed by atoms with Gasteiger partial charge in [0, 0.05) is 6.20 Å². The quantitative estimate of drug-likeness (QED) is 0.751. The monoisotopic (exact) mass is 295 g/mol. The van der Waals surface area contributed by atoms with Crippen LogP contribution in [-0.4, -0.2) is 19.7 Å². The van der Waals surface area contributed by atoms with Crippen LogP contribution in [0.1, 0.15) is 0 Å². The molecule has 1 N–H and O–H groups in total. The molecule has 3 aromatic heterocycles. The molecule has 0 unspecified atom stereocenters. The highest BCUT2D eigenvalue weighted by atomic mass is 79.9. The summed E-state index contributed by atoms with van der Waals surface area (Å²) in [6.07, 6.45) is 1.76. The predicted molar refractivity (Wildman–Crippen MR) is 65.7 cm³/mol. The van der Waals surface area contributed by atoms with Gasteiger partial charge in [-0.25, -0.2) is 9.50 Å². The van der Waals surface area contributed by atoms with Crippen LogP contribution in [0.2, 0.25) is 0 Å². The van der Waals surface area contributed by atoms with Gasteiger partial charge in [-0.15, -0.1) is 16.4 Å². The molecule has 0 aliphatic carbocycles. The van der Waals surface area contributed by atoms with E-state index in [9.17, 15) is 5.11 Å². The standard InChI is InChI=1S/C10H6BrN3OS/c11-8-4-3-7(16-8)9-12-10-6(15)2-1-5-14(10)13-9/h1-5,15H. The number of rotatable bonds is 1. The van der Waals surface area contributed by atoms with Gasteiger partial charge in [-0.3, -0.25) is 0 Å². The molecule has 0 saturated heterocycles. The predicted octanol–water partition coefficient (Wildman–Crippen LogP) is 2.93. The number of aromatic nitrogens is 3. The van der Waals surface area contributed by atoms with Crippen LogP contribution in [0.15, 0.2) is 34.2 Å². The van der Waals surface area contributed by atoms with Crippen molar-refractivity contribution in [3.63, 3.8) is 0 Å². The molecule has 16 heavy (non-hydrogen) atoms. The van der Waals surface area contributed by atoms with Crippen LogP contribution in [0.5, 0.6) is 5.75 Å². The fourth-order valence-electron chi connectivity index (χ4n) is 1.43. The maximum Gasteiger partial charge on any atom is 0.198 e. The Balaban J connectivity index is 2.22. The summed E-state index contributed by atoms with van der Waals surface area (Å²) >= 11 is 4.95. The second-order valence-corrected chi connectivity index (χ2v) is 5.66. The average Bonchev–Trinajstić information content (AvgIpc) is 2.84. The Morgan fingerprint density at radius 3 is 2.88 bits per heavy atom. The van der Waals surface area contributed by atoms with Gasteiger partial charge < -0.3 is 5.11 Å². The molecule has 0 radical (unpaired) electrons. The molecule has 3 rings (SSSR count). The van der Waals surface area contributed by atoms with Gasteiger partial charge in [0.05, 0.1) is 8.66 Å². The number of thiophene rings is 1. The SMILES string of the molecule is Oc1cccn2nc(-c3ccc(Br)s3)nc12. The van der Waals surface area contributed by atoms with E-state index in [-0.39, 0.29) is 5.75 Å². The fraction of sp³-hybridized carbons (Fsp3) is 0. The second-order valence-electron chi connectivity index (χ2n) is 3.20. The summed E-state index contributed by atoms with van der Waals surface area (Å²) in [7, 11) is 0. The van der Waals surface area contributed by atoms with E-state index in [0.29, 0.717) is 11.5 Å². The van der Waals surface area contributed by atoms with Crippen LogP contribution in [0.3, 0.4) is 0 Å². The zero-order valence-corrected chi connectivity index (χ0v) is 10.4. The minimum Gasteiger partial charge on any atom is -0.504 e. The summed E-state index contributed by atoms with van der Waals surface area (Å²) in [5.74, 6) is 0.758. The molecule has 0 atom stereocenters. The van der Waals surface area contributed by atoms with Gasteiger partial charge in [-0.05, 0) is 40.2 Å². The van der Waals surface area contributed by atoms with Gasteiger partial charge >= 0.3 is 0 Å². The second kappa shape index (κ2) is 3.57. The first-order valence-electron chi connectivity index (χ1n) is 4.54. The highest BCUT2D eigenvalue weighted by molar-refractivity contribution is 9.11. The van der Waals surface area contributed by atoms with Crippen LogP contribution in [0, 0.1) is 0 Å². The molecule has 0 amide bonds. The molecule has 3 aromatic rings. The highest BCUT2D eigenvalue weighted by Gasteiger charge is 2.10. The lowest BCUT2D eigenvalue weighted by Crippen LogP contribution is -1.84. The first-order chi connectivity index (χ1) is 7.74. The fourth-order valence-corrected chi connectivity index (χ4v) is 2.75. The Bertz CT molecular complexity index is 661. The Morgan fingerprint density at radius 1 is 1.31 bits per heavy atom. The summed E-state index contributed by atoms with van der Waals surface area (Å²) in [4.78, 5) is 5.25. The summed E-state index contributed by atoms with van der Waals surface area (Å²) in [6.45, 7) is 0. The van der Waals surface area contributed by atoms with Crippen LogP contribution < -0.4 is 0 Å². The lowest BCUT2D eigenvalue weighted by Gasteiger charge is -1.91. The average molecular weight is 296 g/mol. The van der Waals surface area contributed by atoms with Crippen molar-refractivity contribution in [1.82, 2.24) is 14.6 Å². The molecule has 0 saturated carbocycles. The van der Waals surface area contributed by atoms with Crippen molar-refractivity contribution in [2.24, 2.45) is 0 Å². The third-order valence-electron chi connectivity index (χ3n) is 2.14. The van der Waals surface area contributed by atoms with E-state index < -0.39 is 0 Å². The molecule has 4 nitrogen and oxygen atoms in total. The van der Waals surface area contributed by atoms with Gasteiger partial charge in [-0.1, -0.05) is 0 Å². The molecule has 0 fully saturated rings. The molecule has 6 heteroatoms. The van der Waals surface area contributed by atoms with E-state index in [1.54, 1.807) is 34.2 Å². The maximum absolute atomic E-state index is 9.61. The summed E-state index contributed by atoms with van der Waals surface area (Å²) in [5, 5.41) is 13.9. The Labute approximate surface area is 103 Å². The number of hydrogen-bond donors (Lipinski definition) is 1. The Kier molecular flexibility index (Phi) is 2.19. The highest BCUT2D eigenvalue weighted by Crippen LogP contribution is 2.30. The van der Waals surface area contributed by atoms with Crippen molar-refractivity contribution in [2.75, 3.05) is 0 Å². The number of halogens is 1. The normalized spacial score (nSPS) is 11.1. The zero-order valence-electron chi connectivity index (χ0n) is 7.96. The topological polar surface area (TPSA) is 50.4 Å². The van der Waals surface area contributed by atoms with Crippen molar-refractivity contribution in [3.8, 4) is 16.5 Å². The first-order valence-corrected chi connectivity index (χ1v) is 6.15. The Hall–Kier alpha value is -1.40. The van der Waals surface area contributed by atoms with Gasteiger partial charge in [0.15, 0.2) is 17.2 Å². The van der Waals surface area contributed by atoms with Crippen molar-refractivity contribution >= 4 is 32.9 Å². The van der Waals surface area contributed by atoms with Gasteiger partial charge in [-0.2, -0.15) is 0 Å². The third-order valence-corrected chi connectivity index (χ3v) is 3.75. The van der Waals surface area contributed by atoms with E-state index in [1.807, 2.05) is 12.1 Å². The molecule has 80 valence electrons. The first kappa shape index (κ1) is 9.80. The molecular formula is C10H6BrN3OS. The number of pyridine rings is 1. The van der Waals surface area contributed by atoms with Crippen molar-refractivity contribution in [1.29, 1.82) is 0 Å². The molecule has 0 bridgehead atoms. The maximum atomic E-state index is 9.61. The van der Waals surface area contributed by atoms with Crippen LogP contribution in [0.25, 0.3) is 16.3 Å². The Morgan fingerprint density at radius 2 is 2.19 bits per heavy atom. The molecule has 0 aliphatic rings. The zero-order chi connectivity index (χ0) is 11.1. The molecule has 0 spiro atoms. The van der Waals surface area contributed by atoms with Crippen LogP contribution in [-0.2, 0) is 0 Å². The van der Waals surface area contributed by atoms with E-state index in [4.69, 9.17) is 0 Å². The van der Waals surface area contributed by atoms with Gasteiger partial charge in [0.1, 0.15) is 0 Å². The van der Waals surface area contributed by atoms with E-state index in [2.05, 4.69) is 26.0 Å². The van der Waals surface area contributed by atoms with E-state index >= 15 is 0 Å². The van der Waals surface area contributed by atoms with Crippen LogP contribution >= 0.6 is 27.3 Å². The van der Waals surface area contributed by atoms with Crippen molar-refractivity contribution in [2.45, 2.75) is 0 Å². The molecule has 3 heterocycles. The number of nitrogens with zero attached hydrogens (tertiary/aromatic N) is 3. The number of aromatic hydroxyl groups is 1. The summed E-state index contributed by atoms with van der Waals surface area (Å²) in [6, 6.07) is 7.22. The lowest BCUT2D eigenvalue weighted by atomic mass is 10.4. The van der Waals surface area contributed by atoms with Gasteiger partial charge in [0.25, 0.3) is 0 Å². The number of fused-ring (bicyclic) bond motifs is 1. The van der Waals surface area contributed by atoms with Crippen molar-refractivity contribution in [3.05, 3.63) is 34.2 Å². The molecule has 0 aromatic carbocycles. The smallest absolute Gasteiger partial charge is 0.198 e. The third kappa shape index (κ3) is 1.50. The largest absolute Gasteiger partial charge is 0.504 e. The van der Waals surface area contributed by atoms with E-state index in [0.717, 1.165) is 8.66 Å².